The lowest BCUT2D eigenvalue weighted by Gasteiger charge is -2.43. The maximum absolute atomic E-state index is 13.7. The molecule has 14 heteroatoms. The van der Waals surface area contributed by atoms with E-state index in [4.69, 9.17) is 27.3 Å². The highest BCUT2D eigenvalue weighted by Gasteiger charge is 2.53. The zero-order chi connectivity index (χ0) is 35.2. The van der Waals surface area contributed by atoms with Gasteiger partial charge in [-0.2, -0.15) is 16.8 Å². The molecule has 258 valence electrons. The molecule has 1 heterocycles. The summed E-state index contributed by atoms with van der Waals surface area (Å²) in [6.07, 6.45) is -8.21. The van der Waals surface area contributed by atoms with Crippen molar-refractivity contribution >= 4 is 32.2 Å². The van der Waals surface area contributed by atoms with E-state index in [1.54, 1.807) is 74.5 Å². The van der Waals surface area contributed by atoms with Gasteiger partial charge in [0.05, 0.1) is 27.5 Å². The summed E-state index contributed by atoms with van der Waals surface area (Å²) in [6.45, 7) is 2.75. The Balaban J connectivity index is 1.56. The Labute approximate surface area is 284 Å². The number of aryl methyl sites for hydroxylation is 2. The lowest BCUT2D eigenvalue weighted by molar-refractivity contribution is -0.286. The molecule has 4 aromatic rings. The van der Waals surface area contributed by atoms with Crippen LogP contribution in [0.1, 0.15) is 31.8 Å². The molecule has 0 amide bonds. The van der Waals surface area contributed by atoms with Gasteiger partial charge in [-0.3, -0.25) is 8.37 Å². The molecule has 1 saturated heterocycles. The van der Waals surface area contributed by atoms with Gasteiger partial charge >= 0.3 is 11.9 Å². The van der Waals surface area contributed by atoms with E-state index in [9.17, 15) is 26.4 Å². The average Bonchev–Trinajstić information content (AvgIpc) is 3.10. The molecule has 0 saturated carbocycles. The van der Waals surface area contributed by atoms with Crippen LogP contribution < -0.4 is 0 Å². The SMILES string of the molecule is CO[C@H]1O[C@@H](COS(=O)(=O)c2ccc(C)cc2)[C@H](OS(=O)(=O)c2ccc(C)cc2)[C@@H](OC(=O)c2ccccc2)[C@@H]1OC(=O)c1ccccc1. The minimum Gasteiger partial charge on any atom is -0.452 e. The highest BCUT2D eigenvalue weighted by molar-refractivity contribution is 7.87. The van der Waals surface area contributed by atoms with Gasteiger partial charge in [0.15, 0.2) is 18.5 Å². The third-order valence-corrected chi connectivity index (χ3v) is 10.2. The van der Waals surface area contributed by atoms with Crippen LogP contribution in [0.25, 0.3) is 0 Å². The Bertz CT molecular complexity index is 1950. The van der Waals surface area contributed by atoms with Crippen LogP contribution in [0.4, 0.5) is 0 Å². The largest absolute Gasteiger partial charge is 0.452 e. The predicted octanol–water partition coefficient (Wildman–Crippen LogP) is 4.61. The zero-order valence-electron chi connectivity index (χ0n) is 26.7. The van der Waals surface area contributed by atoms with Crippen molar-refractivity contribution in [1.29, 1.82) is 0 Å². The third kappa shape index (κ3) is 8.78. The monoisotopic (exact) mass is 710 g/mol. The summed E-state index contributed by atoms with van der Waals surface area (Å²) in [4.78, 5) is 26.4. The Morgan fingerprint density at radius 3 is 1.53 bits per heavy atom. The number of hydrogen-bond acceptors (Lipinski definition) is 12. The van der Waals surface area contributed by atoms with Crippen molar-refractivity contribution in [3.63, 3.8) is 0 Å². The average molecular weight is 711 g/mol. The van der Waals surface area contributed by atoms with Gasteiger partial charge in [0, 0.05) is 7.11 Å². The van der Waals surface area contributed by atoms with Crippen molar-refractivity contribution in [2.24, 2.45) is 0 Å². The van der Waals surface area contributed by atoms with Crippen molar-refractivity contribution < 1.29 is 53.7 Å². The Kier molecular flexibility index (Phi) is 11.3. The van der Waals surface area contributed by atoms with Gasteiger partial charge in [0.2, 0.25) is 0 Å². The lowest BCUT2D eigenvalue weighted by Crippen LogP contribution is -2.63. The third-order valence-electron chi connectivity index (χ3n) is 7.57. The number of hydrogen-bond donors (Lipinski definition) is 0. The van der Waals surface area contributed by atoms with Crippen LogP contribution in [0.2, 0.25) is 0 Å². The smallest absolute Gasteiger partial charge is 0.338 e. The van der Waals surface area contributed by atoms with Crippen LogP contribution in [0, 0.1) is 13.8 Å². The summed E-state index contributed by atoms with van der Waals surface area (Å²) in [5.41, 5.74) is 1.81. The molecular formula is C35H34O12S2. The maximum atomic E-state index is 13.7. The van der Waals surface area contributed by atoms with Crippen molar-refractivity contribution in [3.05, 3.63) is 131 Å². The topological polar surface area (TPSA) is 158 Å². The number of methoxy groups -OCH3 is 1. The summed E-state index contributed by atoms with van der Waals surface area (Å²) >= 11 is 0. The molecule has 1 aliphatic heterocycles. The first kappa shape index (κ1) is 35.9. The summed E-state index contributed by atoms with van der Waals surface area (Å²) in [7, 11) is -7.82. The van der Waals surface area contributed by atoms with Gasteiger partial charge in [-0.25, -0.2) is 9.59 Å². The fourth-order valence-corrected chi connectivity index (χ4v) is 6.97. The first-order chi connectivity index (χ1) is 23.4. The van der Waals surface area contributed by atoms with E-state index in [-0.39, 0.29) is 20.9 Å². The minimum absolute atomic E-state index is 0.0889. The predicted molar refractivity (Wildman–Crippen MR) is 175 cm³/mol. The molecule has 5 rings (SSSR count). The fourth-order valence-electron chi connectivity index (χ4n) is 4.95. The molecule has 0 N–H and O–H groups in total. The first-order valence-electron chi connectivity index (χ1n) is 15.0. The molecule has 49 heavy (non-hydrogen) atoms. The van der Waals surface area contributed by atoms with Crippen LogP contribution in [-0.4, -0.2) is 73.2 Å². The summed E-state index contributed by atoms with van der Waals surface area (Å²) in [5.74, 6) is -1.79. The van der Waals surface area contributed by atoms with E-state index < -0.39 is 69.5 Å². The van der Waals surface area contributed by atoms with E-state index in [2.05, 4.69) is 0 Å². The number of ether oxygens (including phenoxy) is 4. The second-order valence-corrected chi connectivity index (χ2v) is 14.3. The zero-order valence-corrected chi connectivity index (χ0v) is 28.3. The highest BCUT2D eigenvalue weighted by atomic mass is 32.2. The minimum atomic E-state index is -4.64. The van der Waals surface area contributed by atoms with Gasteiger partial charge in [-0.1, -0.05) is 71.8 Å². The highest BCUT2D eigenvalue weighted by Crippen LogP contribution is 2.33. The molecular weight excluding hydrogens is 677 g/mol. The number of carbonyl (C=O) groups excluding carboxylic acids is 2. The Hall–Kier alpha value is -4.44. The van der Waals surface area contributed by atoms with Crippen LogP contribution in [-0.2, 0) is 47.5 Å². The molecule has 0 bridgehead atoms. The Morgan fingerprint density at radius 1 is 0.612 bits per heavy atom. The summed E-state index contributed by atoms with van der Waals surface area (Å²) in [5, 5.41) is 0. The van der Waals surface area contributed by atoms with Gasteiger partial charge in [-0.05, 0) is 62.4 Å². The standard InChI is InChI=1S/C35H34O12S2/c1-23-14-18-27(19-15-23)48(38,39)43-22-29-30(47-49(40,41)28-20-16-24(2)17-21-28)31(45-33(36)25-10-6-4-7-11-25)32(35(42-3)44-29)46-34(37)26-12-8-5-9-13-26/h4-21,29-32,35H,22H2,1-3H3/t29-,30-,31+,32-,35-/m0/s1. The molecule has 12 nitrogen and oxygen atoms in total. The Morgan fingerprint density at radius 2 is 1.06 bits per heavy atom. The first-order valence-corrected chi connectivity index (χ1v) is 17.9. The second-order valence-electron chi connectivity index (χ2n) is 11.1. The normalized spacial score (nSPS) is 21.1. The van der Waals surface area contributed by atoms with E-state index in [1.807, 2.05) is 0 Å². The van der Waals surface area contributed by atoms with Gasteiger partial charge in [0.1, 0.15) is 12.2 Å². The van der Waals surface area contributed by atoms with Crippen molar-refractivity contribution in [2.75, 3.05) is 13.7 Å². The number of carbonyl (C=O) groups is 2. The van der Waals surface area contributed by atoms with E-state index >= 15 is 0 Å². The molecule has 0 aromatic heterocycles. The van der Waals surface area contributed by atoms with Crippen molar-refractivity contribution in [2.45, 2.75) is 54.3 Å². The van der Waals surface area contributed by atoms with E-state index in [1.165, 1.54) is 55.6 Å². The van der Waals surface area contributed by atoms with Gasteiger partial charge in [-0.15, -0.1) is 0 Å². The molecule has 0 radical (unpaired) electrons. The van der Waals surface area contributed by atoms with Crippen LogP contribution >= 0.6 is 0 Å². The maximum Gasteiger partial charge on any atom is 0.338 e. The second kappa shape index (κ2) is 15.4. The molecule has 0 aliphatic carbocycles. The molecule has 0 unspecified atom stereocenters. The molecule has 1 fully saturated rings. The fraction of sp³-hybridized carbons (Fsp3) is 0.257. The quantitative estimate of drug-likeness (QED) is 0.149. The molecule has 4 aromatic carbocycles. The molecule has 0 spiro atoms. The van der Waals surface area contributed by atoms with Crippen molar-refractivity contribution in [3.8, 4) is 0 Å². The van der Waals surface area contributed by atoms with Gasteiger partial charge in [0.25, 0.3) is 20.2 Å². The lowest BCUT2D eigenvalue weighted by atomic mass is 9.98. The molecule has 5 atom stereocenters. The van der Waals surface area contributed by atoms with E-state index in [0.717, 1.165) is 11.1 Å². The van der Waals surface area contributed by atoms with Crippen LogP contribution in [0.3, 0.4) is 0 Å². The van der Waals surface area contributed by atoms with Crippen LogP contribution in [0.5, 0.6) is 0 Å². The number of rotatable bonds is 12. The summed E-state index contributed by atoms with van der Waals surface area (Å²) < 4.78 is 87.9. The summed E-state index contributed by atoms with van der Waals surface area (Å²) in [6, 6.07) is 27.3. The molecule has 1 aliphatic rings. The van der Waals surface area contributed by atoms with E-state index in [0.29, 0.717) is 0 Å². The van der Waals surface area contributed by atoms with Crippen molar-refractivity contribution in [1.82, 2.24) is 0 Å². The number of esters is 2. The van der Waals surface area contributed by atoms with Crippen LogP contribution in [0.15, 0.2) is 119 Å². The van der Waals surface area contributed by atoms with Gasteiger partial charge < -0.3 is 18.9 Å². The number of benzene rings is 4.